The predicted octanol–water partition coefficient (Wildman–Crippen LogP) is 3.28. The van der Waals surface area contributed by atoms with Gasteiger partial charge in [0.05, 0.1) is 11.4 Å². The molecular formula is C17H12ClFO5. The Balaban J connectivity index is 2.06. The van der Waals surface area contributed by atoms with Crippen LogP contribution in [0.5, 0.6) is 5.75 Å². The number of carboxylic acids is 1. The number of aliphatic carboxylic acids is 1. The highest BCUT2D eigenvalue weighted by molar-refractivity contribution is 6.37. The molecule has 0 saturated heterocycles. The second-order valence-electron chi connectivity index (χ2n) is 4.88. The van der Waals surface area contributed by atoms with Crippen molar-refractivity contribution >= 4 is 29.1 Å². The highest BCUT2D eigenvalue weighted by Crippen LogP contribution is 2.21. The van der Waals surface area contributed by atoms with E-state index in [9.17, 15) is 18.8 Å². The molecule has 0 aromatic heterocycles. The van der Waals surface area contributed by atoms with Crippen molar-refractivity contribution in [3.05, 3.63) is 64.4 Å². The summed E-state index contributed by atoms with van der Waals surface area (Å²) in [5, 5.41) is 8.74. The van der Waals surface area contributed by atoms with Crippen LogP contribution in [0, 0.1) is 5.82 Å². The van der Waals surface area contributed by atoms with Gasteiger partial charge in [-0.2, -0.15) is 0 Å². The molecule has 0 bridgehead atoms. The van der Waals surface area contributed by atoms with Crippen LogP contribution in [0.15, 0.2) is 42.5 Å². The number of benzene rings is 2. The molecule has 5 nitrogen and oxygen atoms in total. The zero-order valence-corrected chi connectivity index (χ0v) is 13.0. The molecule has 0 heterocycles. The number of hydrogen-bond donors (Lipinski definition) is 1. The number of ketones is 2. The summed E-state index contributed by atoms with van der Waals surface area (Å²) >= 11 is 5.90. The van der Waals surface area contributed by atoms with E-state index in [0.29, 0.717) is 11.3 Å². The van der Waals surface area contributed by atoms with Gasteiger partial charge in [-0.1, -0.05) is 29.8 Å². The van der Waals surface area contributed by atoms with Crippen molar-refractivity contribution in [2.45, 2.75) is 13.0 Å². The lowest BCUT2D eigenvalue weighted by Gasteiger charge is -2.09. The lowest BCUT2D eigenvalue weighted by atomic mass is 10.1. The molecule has 0 amide bonds. The fourth-order valence-electron chi connectivity index (χ4n) is 1.88. The zero-order valence-electron chi connectivity index (χ0n) is 12.3. The van der Waals surface area contributed by atoms with Gasteiger partial charge in [0.25, 0.3) is 0 Å². The first-order valence-electron chi connectivity index (χ1n) is 6.83. The maximum atomic E-state index is 13.0. The molecule has 0 atom stereocenters. The molecule has 0 aliphatic heterocycles. The topological polar surface area (TPSA) is 80.7 Å². The Bertz CT molecular complexity index is 803. The maximum Gasteiger partial charge on any atom is 0.372 e. The first kappa shape index (κ1) is 17.6. The average molecular weight is 351 g/mol. The summed E-state index contributed by atoms with van der Waals surface area (Å²) < 4.78 is 18.5. The quantitative estimate of drug-likeness (QED) is 0.471. The third kappa shape index (κ3) is 4.63. The molecule has 2 rings (SSSR count). The maximum absolute atomic E-state index is 13.0. The molecule has 0 spiro atoms. The minimum atomic E-state index is -1.65. The Labute approximate surface area is 141 Å². The minimum absolute atomic E-state index is 0.0603. The summed E-state index contributed by atoms with van der Waals surface area (Å²) in [7, 11) is 0. The Hall–Kier alpha value is -2.73. The molecular weight excluding hydrogens is 339 g/mol. The lowest BCUT2D eigenvalue weighted by Crippen LogP contribution is -2.17. The standard InChI is InChI=1S/C17H12ClFO5/c18-14-7-12(19)5-4-11(14)9-24-13-3-1-2-10(6-13)15(20)8-16(21)17(22)23/h1-7H,8-9H2,(H,22,23). The average Bonchev–Trinajstić information content (AvgIpc) is 2.54. The Morgan fingerprint density at radius 2 is 1.88 bits per heavy atom. The van der Waals surface area contributed by atoms with Crippen molar-refractivity contribution in [1.29, 1.82) is 0 Å². The molecule has 2 aromatic carbocycles. The van der Waals surface area contributed by atoms with Crippen molar-refractivity contribution in [2.24, 2.45) is 0 Å². The third-order valence-electron chi connectivity index (χ3n) is 3.13. The van der Waals surface area contributed by atoms with E-state index in [-0.39, 0.29) is 17.2 Å². The Morgan fingerprint density at radius 3 is 2.54 bits per heavy atom. The Morgan fingerprint density at radius 1 is 1.12 bits per heavy atom. The van der Waals surface area contributed by atoms with Gasteiger partial charge < -0.3 is 9.84 Å². The number of carbonyl (C=O) groups excluding carboxylic acids is 2. The highest BCUT2D eigenvalue weighted by atomic mass is 35.5. The second kappa shape index (κ2) is 7.70. The van der Waals surface area contributed by atoms with Crippen LogP contribution in [0.25, 0.3) is 0 Å². The van der Waals surface area contributed by atoms with Gasteiger partial charge >= 0.3 is 5.97 Å². The van der Waals surface area contributed by atoms with Crippen LogP contribution in [-0.4, -0.2) is 22.6 Å². The molecule has 7 heteroatoms. The number of carboxylic acid groups (broad SMARTS) is 1. The van der Waals surface area contributed by atoms with Crippen molar-refractivity contribution in [3.63, 3.8) is 0 Å². The lowest BCUT2D eigenvalue weighted by molar-refractivity contribution is -0.148. The number of hydrogen-bond acceptors (Lipinski definition) is 4. The van der Waals surface area contributed by atoms with Gasteiger partial charge in [-0.05, 0) is 24.3 Å². The normalized spacial score (nSPS) is 10.2. The highest BCUT2D eigenvalue weighted by Gasteiger charge is 2.18. The molecule has 24 heavy (non-hydrogen) atoms. The predicted molar refractivity (Wildman–Crippen MR) is 83.8 cm³/mol. The van der Waals surface area contributed by atoms with E-state index >= 15 is 0 Å². The smallest absolute Gasteiger partial charge is 0.372 e. The summed E-state index contributed by atoms with van der Waals surface area (Å²) in [5.74, 6) is -3.57. The summed E-state index contributed by atoms with van der Waals surface area (Å²) in [5.41, 5.74) is 0.725. The first-order valence-corrected chi connectivity index (χ1v) is 7.20. The summed E-state index contributed by atoms with van der Waals surface area (Å²) in [4.78, 5) is 33.4. The molecule has 1 N–H and O–H groups in total. The molecule has 2 aromatic rings. The molecule has 0 radical (unpaired) electrons. The van der Waals surface area contributed by atoms with Gasteiger partial charge in [0.15, 0.2) is 5.78 Å². The van der Waals surface area contributed by atoms with Crippen LogP contribution in [0.4, 0.5) is 4.39 Å². The summed E-state index contributed by atoms with van der Waals surface area (Å²) in [6.07, 6.45) is -0.720. The van der Waals surface area contributed by atoms with Gasteiger partial charge in [-0.15, -0.1) is 0 Å². The fraction of sp³-hybridized carbons (Fsp3) is 0.118. The molecule has 124 valence electrons. The third-order valence-corrected chi connectivity index (χ3v) is 3.48. The Kier molecular flexibility index (Phi) is 5.65. The van der Waals surface area contributed by atoms with Crippen LogP contribution in [0.1, 0.15) is 22.3 Å². The summed E-state index contributed by atoms with van der Waals surface area (Å²) in [6.45, 7) is 0.0603. The number of rotatable bonds is 7. The van der Waals surface area contributed by atoms with Crippen molar-refractivity contribution in [3.8, 4) is 5.75 Å². The molecule has 0 unspecified atom stereocenters. The van der Waals surface area contributed by atoms with Gasteiger partial charge in [0.2, 0.25) is 5.78 Å². The monoisotopic (exact) mass is 350 g/mol. The van der Waals surface area contributed by atoms with Crippen molar-refractivity contribution in [1.82, 2.24) is 0 Å². The SMILES string of the molecule is O=C(O)C(=O)CC(=O)c1cccc(OCc2ccc(F)cc2Cl)c1. The van der Waals surface area contributed by atoms with Gasteiger partial charge in [0.1, 0.15) is 18.2 Å². The second-order valence-corrected chi connectivity index (χ2v) is 5.29. The van der Waals surface area contributed by atoms with E-state index in [1.807, 2.05) is 0 Å². The van der Waals surface area contributed by atoms with Crippen LogP contribution < -0.4 is 4.74 Å². The first-order chi connectivity index (χ1) is 11.4. The molecule has 0 aliphatic carbocycles. The molecule has 0 saturated carbocycles. The van der Waals surface area contributed by atoms with Gasteiger partial charge in [0, 0.05) is 11.1 Å². The number of ether oxygens (including phenoxy) is 1. The van der Waals surface area contributed by atoms with E-state index in [4.69, 9.17) is 21.4 Å². The van der Waals surface area contributed by atoms with Gasteiger partial charge in [-0.3, -0.25) is 9.59 Å². The van der Waals surface area contributed by atoms with E-state index in [1.54, 1.807) is 12.1 Å². The number of carbonyl (C=O) groups is 3. The summed E-state index contributed by atoms with van der Waals surface area (Å²) in [6, 6.07) is 9.88. The fourth-order valence-corrected chi connectivity index (χ4v) is 2.10. The van der Waals surface area contributed by atoms with E-state index in [2.05, 4.69) is 0 Å². The van der Waals surface area contributed by atoms with E-state index in [0.717, 1.165) is 6.07 Å². The number of Topliss-reactive ketones (excluding diaryl/α,β-unsaturated/α-hetero) is 2. The molecule has 0 fully saturated rings. The molecule has 0 aliphatic rings. The van der Waals surface area contributed by atoms with Crippen molar-refractivity contribution in [2.75, 3.05) is 0 Å². The van der Waals surface area contributed by atoms with Crippen LogP contribution in [0.2, 0.25) is 5.02 Å². The minimum Gasteiger partial charge on any atom is -0.489 e. The van der Waals surface area contributed by atoms with Crippen LogP contribution in [-0.2, 0) is 16.2 Å². The number of halogens is 2. The van der Waals surface area contributed by atoms with E-state index in [1.165, 1.54) is 24.3 Å². The van der Waals surface area contributed by atoms with E-state index < -0.39 is 29.8 Å². The van der Waals surface area contributed by atoms with Crippen molar-refractivity contribution < 1.29 is 28.6 Å². The van der Waals surface area contributed by atoms with Gasteiger partial charge in [-0.25, -0.2) is 9.18 Å². The largest absolute Gasteiger partial charge is 0.489 e. The van der Waals surface area contributed by atoms with Crippen LogP contribution in [0.3, 0.4) is 0 Å². The zero-order chi connectivity index (χ0) is 17.7. The van der Waals surface area contributed by atoms with Crippen LogP contribution >= 0.6 is 11.6 Å².